The average Bonchev–Trinajstić information content (AvgIpc) is 2.92. The molecule has 1 aromatic carbocycles. The van der Waals surface area contributed by atoms with Crippen molar-refractivity contribution in [2.75, 3.05) is 31.1 Å². The van der Waals surface area contributed by atoms with E-state index in [1.54, 1.807) is 0 Å². The number of nitrogens with zero attached hydrogens (tertiary/aromatic N) is 2. The number of hydrogen-bond donors (Lipinski definition) is 2. The van der Waals surface area contributed by atoms with E-state index in [1.165, 1.54) is 12.8 Å². The van der Waals surface area contributed by atoms with Crippen LogP contribution < -0.4 is 10.2 Å². The Balaban J connectivity index is 1.77. The fraction of sp³-hybridized carbons (Fsp3) is 0.562. The number of benzene rings is 1. The number of anilines is 1. The molecule has 0 spiro atoms. The number of fused-ring (bicyclic) bond motifs is 1. The van der Waals surface area contributed by atoms with Crippen LogP contribution in [0.2, 0.25) is 0 Å². The van der Waals surface area contributed by atoms with Crippen LogP contribution >= 0.6 is 0 Å². The van der Waals surface area contributed by atoms with Crippen LogP contribution in [0.3, 0.4) is 0 Å². The SMILES string of the molecule is CCCN(CC1CCNCC1)c1nc2ccccc2[nH]1. The van der Waals surface area contributed by atoms with E-state index in [0.717, 1.165) is 55.5 Å². The second-order valence-electron chi connectivity index (χ2n) is 5.72. The lowest BCUT2D eigenvalue weighted by Gasteiger charge is -2.29. The molecule has 0 amide bonds. The Hall–Kier alpha value is -1.55. The van der Waals surface area contributed by atoms with Crippen LogP contribution in [-0.4, -0.2) is 36.1 Å². The molecule has 4 nitrogen and oxygen atoms in total. The molecule has 0 aliphatic carbocycles. The van der Waals surface area contributed by atoms with Gasteiger partial charge in [-0.15, -0.1) is 0 Å². The molecule has 1 aromatic heterocycles. The highest BCUT2D eigenvalue weighted by atomic mass is 15.3. The van der Waals surface area contributed by atoms with Crippen molar-refractivity contribution in [1.82, 2.24) is 15.3 Å². The standard InChI is InChI=1S/C16H24N4/c1-2-11-20(12-13-7-9-17-10-8-13)16-18-14-5-3-4-6-15(14)19-16/h3-6,13,17H,2,7-12H2,1H3,(H,18,19). The second kappa shape index (κ2) is 6.27. The zero-order valence-electron chi connectivity index (χ0n) is 12.2. The number of nitrogens with one attached hydrogen (secondary N) is 2. The smallest absolute Gasteiger partial charge is 0.203 e. The summed E-state index contributed by atoms with van der Waals surface area (Å²) in [6.07, 6.45) is 3.71. The van der Waals surface area contributed by atoms with E-state index in [9.17, 15) is 0 Å². The zero-order valence-corrected chi connectivity index (χ0v) is 12.2. The lowest BCUT2D eigenvalue weighted by Crippen LogP contribution is -2.37. The molecule has 2 aromatic rings. The van der Waals surface area contributed by atoms with Crippen molar-refractivity contribution < 1.29 is 0 Å². The largest absolute Gasteiger partial charge is 0.342 e. The number of para-hydroxylation sites is 2. The summed E-state index contributed by atoms with van der Waals surface area (Å²) in [5, 5.41) is 3.44. The number of imidazole rings is 1. The summed E-state index contributed by atoms with van der Waals surface area (Å²) in [6.45, 7) is 6.74. The van der Waals surface area contributed by atoms with Gasteiger partial charge in [-0.1, -0.05) is 19.1 Å². The second-order valence-corrected chi connectivity index (χ2v) is 5.72. The van der Waals surface area contributed by atoms with Gasteiger partial charge in [-0.2, -0.15) is 0 Å². The number of H-pyrrole nitrogens is 1. The van der Waals surface area contributed by atoms with Gasteiger partial charge in [0.2, 0.25) is 5.95 Å². The summed E-state index contributed by atoms with van der Waals surface area (Å²) in [5.41, 5.74) is 2.20. The number of aromatic nitrogens is 2. The highest BCUT2D eigenvalue weighted by molar-refractivity contribution is 5.77. The lowest BCUT2D eigenvalue weighted by atomic mass is 9.97. The predicted molar refractivity (Wildman–Crippen MR) is 84.2 cm³/mol. The Morgan fingerprint density at radius 1 is 1.25 bits per heavy atom. The molecule has 0 radical (unpaired) electrons. The van der Waals surface area contributed by atoms with Crippen molar-refractivity contribution in [1.29, 1.82) is 0 Å². The Labute approximate surface area is 120 Å². The molecule has 1 saturated heterocycles. The first-order chi connectivity index (χ1) is 9.86. The maximum atomic E-state index is 4.75. The highest BCUT2D eigenvalue weighted by Crippen LogP contribution is 2.21. The monoisotopic (exact) mass is 272 g/mol. The van der Waals surface area contributed by atoms with Gasteiger partial charge < -0.3 is 15.2 Å². The van der Waals surface area contributed by atoms with Gasteiger partial charge in [0.15, 0.2) is 0 Å². The molecule has 0 atom stereocenters. The van der Waals surface area contributed by atoms with Crippen LogP contribution in [0.25, 0.3) is 11.0 Å². The Morgan fingerprint density at radius 2 is 2.05 bits per heavy atom. The third-order valence-corrected chi connectivity index (χ3v) is 4.11. The van der Waals surface area contributed by atoms with Gasteiger partial charge in [0.25, 0.3) is 0 Å². The van der Waals surface area contributed by atoms with Crippen molar-refractivity contribution in [2.45, 2.75) is 26.2 Å². The van der Waals surface area contributed by atoms with Crippen LogP contribution in [0.4, 0.5) is 5.95 Å². The number of piperidine rings is 1. The van der Waals surface area contributed by atoms with E-state index in [0.29, 0.717) is 0 Å². The third kappa shape index (κ3) is 2.96. The molecule has 3 rings (SSSR count). The van der Waals surface area contributed by atoms with Crippen molar-refractivity contribution in [3.63, 3.8) is 0 Å². The van der Waals surface area contributed by atoms with Crippen LogP contribution in [-0.2, 0) is 0 Å². The van der Waals surface area contributed by atoms with Gasteiger partial charge in [0.05, 0.1) is 11.0 Å². The first-order valence-electron chi connectivity index (χ1n) is 7.77. The predicted octanol–water partition coefficient (Wildman–Crippen LogP) is 2.78. The molecule has 0 bridgehead atoms. The van der Waals surface area contributed by atoms with E-state index in [-0.39, 0.29) is 0 Å². The molecule has 2 heterocycles. The van der Waals surface area contributed by atoms with Crippen molar-refractivity contribution in [3.05, 3.63) is 24.3 Å². The van der Waals surface area contributed by atoms with Gasteiger partial charge in [-0.05, 0) is 50.4 Å². The molecule has 1 aliphatic heterocycles. The van der Waals surface area contributed by atoms with Crippen molar-refractivity contribution in [3.8, 4) is 0 Å². The lowest BCUT2D eigenvalue weighted by molar-refractivity contribution is 0.372. The van der Waals surface area contributed by atoms with Crippen molar-refractivity contribution >= 4 is 17.0 Å². The van der Waals surface area contributed by atoms with Gasteiger partial charge in [-0.25, -0.2) is 4.98 Å². The number of aromatic amines is 1. The van der Waals surface area contributed by atoms with Gasteiger partial charge in [0, 0.05) is 13.1 Å². The molecule has 0 saturated carbocycles. The van der Waals surface area contributed by atoms with E-state index in [2.05, 4.69) is 40.3 Å². The maximum absolute atomic E-state index is 4.75. The Kier molecular flexibility index (Phi) is 4.21. The summed E-state index contributed by atoms with van der Waals surface area (Å²) in [4.78, 5) is 10.6. The molecule has 1 aliphatic rings. The molecule has 2 N–H and O–H groups in total. The summed E-state index contributed by atoms with van der Waals surface area (Å²) >= 11 is 0. The topological polar surface area (TPSA) is 44.0 Å². The summed E-state index contributed by atoms with van der Waals surface area (Å²) < 4.78 is 0. The highest BCUT2D eigenvalue weighted by Gasteiger charge is 2.18. The van der Waals surface area contributed by atoms with Crippen molar-refractivity contribution in [2.24, 2.45) is 5.92 Å². The molecule has 108 valence electrons. The minimum absolute atomic E-state index is 0.788. The number of rotatable bonds is 5. The molecule has 20 heavy (non-hydrogen) atoms. The van der Waals surface area contributed by atoms with E-state index in [1.807, 2.05) is 6.07 Å². The Morgan fingerprint density at radius 3 is 2.80 bits per heavy atom. The first-order valence-corrected chi connectivity index (χ1v) is 7.77. The van der Waals surface area contributed by atoms with Gasteiger partial charge in [-0.3, -0.25) is 0 Å². The van der Waals surface area contributed by atoms with Gasteiger partial charge in [0.1, 0.15) is 0 Å². The van der Waals surface area contributed by atoms with Gasteiger partial charge >= 0.3 is 0 Å². The molecule has 1 fully saturated rings. The molecule has 0 unspecified atom stereocenters. The van der Waals surface area contributed by atoms with E-state index >= 15 is 0 Å². The summed E-state index contributed by atoms with van der Waals surface area (Å²) in [5.74, 6) is 1.82. The fourth-order valence-electron chi connectivity index (χ4n) is 3.02. The van der Waals surface area contributed by atoms with E-state index < -0.39 is 0 Å². The minimum atomic E-state index is 0.788. The maximum Gasteiger partial charge on any atom is 0.203 e. The van der Waals surface area contributed by atoms with Crippen LogP contribution in [0.15, 0.2) is 24.3 Å². The summed E-state index contributed by atoms with van der Waals surface area (Å²) in [6, 6.07) is 8.27. The van der Waals surface area contributed by atoms with Crippen LogP contribution in [0.1, 0.15) is 26.2 Å². The zero-order chi connectivity index (χ0) is 13.8. The normalized spacial score (nSPS) is 16.6. The average molecular weight is 272 g/mol. The molecular weight excluding hydrogens is 248 g/mol. The van der Waals surface area contributed by atoms with Crippen LogP contribution in [0, 0.1) is 5.92 Å². The fourth-order valence-corrected chi connectivity index (χ4v) is 3.02. The van der Waals surface area contributed by atoms with Crippen LogP contribution in [0.5, 0.6) is 0 Å². The minimum Gasteiger partial charge on any atom is -0.342 e. The quantitative estimate of drug-likeness (QED) is 0.879. The number of hydrogen-bond acceptors (Lipinski definition) is 3. The van der Waals surface area contributed by atoms with E-state index in [4.69, 9.17) is 4.98 Å². The Bertz CT molecular complexity index is 509. The molecular formula is C16H24N4. The third-order valence-electron chi connectivity index (χ3n) is 4.11. The molecule has 4 heteroatoms. The first kappa shape index (κ1) is 13.4. The summed E-state index contributed by atoms with van der Waals surface area (Å²) in [7, 11) is 0.